The van der Waals surface area contributed by atoms with Crippen LogP contribution in [0.4, 0.5) is 5.69 Å². The summed E-state index contributed by atoms with van der Waals surface area (Å²) in [4.78, 5) is 4.72. The Morgan fingerprint density at radius 3 is 2.45 bits per heavy atom. The second-order valence-electron chi connectivity index (χ2n) is 5.07. The maximum Gasteiger partial charge on any atom is 0.0708 e. The molecule has 1 aromatic heterocycles. The van der Waals surface area contributed by atoms with Crippen LogP contribution in [-0.2, 0) is 0 Å². The van der Waals surface area contributed by atoms with Crippen LogP contribution in [0.25, 0.3) is 20.9 Å². The molecule has 0 N–H and O–H groups in total. The van der Waals surface area contributed by atoms with Crippen molar-refractivity contribution in [2.24, 2.45) is 4.99 Å². The minimum atomic E-state index is 0.987. The first-order valence-electron chi connectivity index (χ1n) is 7.05. The average Bonchev–Trinajstić information content (AvgIpc) is 2.88. The molecule has 0 amide bonds. The summed E-state index contributed by atoms with van der Waals surface area (Å²) in [7, 11) is 0. The van der Waals surface area contributed by atoms with E-state index in [1.807, 2.05) is 30.5 Å². The highest BCUT2D eigenvalue weighted by atomic mass is 32.2. The number of thiophene rings is 1. The fourth-order valence-electron chi connectivity index (χ4n) is 2.63. The minimum Gasteiger partial charge on any atom is -0.256 e. The van der Waals surface area contributed by atoms with Crippen molar-refractivity contribution in [2.45, 2.75) is 4.21 Å². The lowest BCUT2D eigenvalue weighted by atomic mass is 10.1. The van der Waals surface area contributed by atoms with Crippen LogP contribution in [0, 0.1) is 0 Å². The molecule has 0 unspecified atom stereocenters. The molecule has 0 saturated carbocycles. The molecule has 22 heavy (non-hydrogen) atoms. The van der Waals surface area contributed by atoms with Crippen molar-refractivity contribution < 1.29 is 0 Å². The number of fused-ring (bicyclic) bond motifs is 2. The summed E-state index contributed by atoms with van der Waals surface area (Å²) in [6.07, 6.45) is 1.93. The van der Waals surface area contributed by atoms with Gasteiger partial charge in [-0.1, -0.05) is 54.6 Å². The second-order valence-corrected chi connectivity index (χ2v) is 6.88. The minimum absolute atomic E-state index is 0.987. The lowest BCUT2D eigenvalue weighted by Gasteiger charge is -2.01. The fraction of sp³-hybridized carbons (Fsp3) is 0. The zero-order chi connectivity index (χ0) is 14.9. The molecule has 0 saturated heterocycles. The Balaban J connectivity index is 1.84. The van der Waals surface area contributed by atoms with Gasteiger partial charge in [-0.05, 0) is 17.5 Å². The number of hydrogen-bond acceptors (Lipinski definition) is 3. The highest BCUT2D eigenvalue weighted by Gasteiger charge is 2.07. The van der Waals surface area contributed by atoms with E-state index in [9.17, 15) is 0 Å². The fourth-order valence-corrected chi connectivity index (χ4v) is 4.02. The van der Waals surface area contributed by atoms with Crippen molar-refractivity contribution in [1.29, 1.82) is 0 Å². The molecular formula is C19H13NS2. The summed E-state index contributed by atoms with van der Waals surface area (Å²) in [5.41, 5.74) is 2.08. The summed E-state index contributed by atoms with van der Waals surface area (Å²) in [6, 6.07) is 22.9. The van der Waals surface area contributed by atoms with Crippen LogP contribution >= 0.6 is 24.0 Å². The number of nitrogens with zero attached hydrogens (tertiary/aromatic N) is 1. The molecule has 0 fully saturated rings. The van der Waals surface area contributed by atoms with Crippen molar-refractivity contribution >= 4 is 56.7 Å². The Morgan fingerprint density at radius 1 is 0.818 bits per heavy atom. The van der Waals surface area contributed by atoms with Gasteiger partial charge in [0.2, 0.25) is 0 Å². The monoisotopic (exact) mass is 319 g/mol. The molecule has 106 valence electrons. The third-order valence-corrected chi connectivity index (χ3v) is 5.22. The van der Waals surface area contributed by atoms with E-state index in [0.717, 1.165) is 15.5 Å². The van der Waals surface area contributed by atoms with E-state index in [4.69, 9.17) is 4.99 Å². The quantitative estimate of drug-likeness (QED) is 0.339. The van der Waals surface area contributed by atoms with Gasteiger partial charge in [0.05, 0.1) is 9.90 Å². The van der Waals surface area contributed by atoms with E-state index < -0.39 is 0 Å². The standard InChI is InChI=1S/C19H13NS2/c21-19-16(15-9-3-4-11-18(15)22-19)12-20-17-10-5-7-13-6-1-2-8-14(13)17/h1-12,21H. The highest BCUT2D eigenvalue weighted by molar-refractivity contribution is 7.83. The Labute approximate surface area is 138 Å². The predicted molar refractivity (Wildman–Crippen MR) is 100 cm³/mol. The molecular weight excluding hydrogens is 306 g/mol. The predicted octanol–water partition coefficient (Wildman–Crippen LogP) is 6.09. The Bertz CT molecular complexity index is 993. The molecule has 0 aliphatic carbocycles. The van der Waals surface area contributed by atoms with Gasteiger partial charge in [-0.2, -0.15) is 0 Å². The number of aliphatic imine (C=N–C) groups is 1. The molecule has 0 atom stereocenters. The van der Waals surface area contributed by atoms with E-state index in [-0.39, 0.29) is 0 Å². The summed E-state index contributed by atoms with van der Waals surface area (Å²) in [6.45, 7) is 0. The van der Waals surface area contributed by atoms with Crippen LogP contribution in [-0.4, -0.2) is 6.21 Å². The van der Waals surface area contributed by atoms with Gasteiger partial charge in [0.15, 0.2) is 0 Å². The average molecular weight is 319 g/mol. The van der Waals surface area contributed by atoms with Crippen LogP contribution in [0.2, 0.25) is 0 Å². The molecule has 0 aliphatic rings. The van der Waals surface area contributed by atoms with Gasteiger partial charge in [0, 0.05) is 27.3 Å². The number of hydrogen-bond donors (Lipinski definition) is 1. The summed E-state index contributed by atoms with van der Waals surface area (Å²) in [5.74, 6) is 0. The first kappa shape index (κ1) is 13.6. The van der Waals surface area contributed by atoms with E-state index in [0.29, 0.717) is 0 Å². The topological polar surface area (TPSA) is 12.4 Å². The lowest BCUT2D eigenvalue weighted by Crippen LogP contribution is -1.80. The van der Waals surface area contributed by atoms with Crippen LogP contribution in [0.1, 0.15) is 5.56 Å². The van der Waals surface area contributed by atoms with Gasteiger partial charge in [-0.25, -0.2) is 0 Å². The molecule has 1 heterocycles. The Kier molecular flexibility index (Phi) is 3.45. The van der Waals surface area contributed by atoms with Crippen LogP contribution in [0.3, 0.4) is 0 Å². The first-order chi connectivity index (χ1) is 10.8. The molecule has 3 aromatic carbocycles. The van der Waals surface area contributed by atoms with E-state index in [2.05, 4.69) is 55.1 Å². The molecule has 4 aromatic rings. The maximum atomic E-state index is 4.72. The molecule has 4 rings (SSSR count). The van der Waals surface area contributed by atoms with E-state index in [1.165, 1.54) is 20.9 Å². The normalized spacial score (nSPS) is 11.7. The third kappa shape index (κ3) is 2.32. The molecule has 3 heteroatoms. The lowest BCUT2D eigenvalue weighted by molar-refractivity contribution is 1.56. The van der Waals surface area contributed by atoms with Gasteiger partial charge in [-0.15, -0.1) is 24.0 Å². The van der Waals surface area contributed by atoms with Gasteiger partial charge < -0.3 is 0 Å². The van der Waals surface area contributed by atoms with Gasteiger partial charge in [0.1, 0.15) is 0 Å². The highest BCUT2D eigenvalue weighted by Crippen LogP contribution is 2.33. The number of benzene rings is 3. The SMILES string of the molecule is Sc1sc2ccccc2c1C=Nc1cccc2ccccc12. The van der Waals surface area contributed by atoms with Gasteiger partial charge in [0.25, 0.3) is 0 Å². The van der Waals surface area contributed by atoms with E-state index >= 15 is 0 Å². The van der Waals surface area contributed by atoms with Crippen LogP contribution in [0.5, 0.6) is 0 Å². The summed E-state index contributed by atoms with van der Waals surface area (Å²) >= 11 is 6.29. The third-order valence-electron chi connectivity index (χ3n) is 3.71. The molecule has 0 radical (unpaired) electrons. The Morgan fingerprint density at radius 2 is 1.55 bits per heavy atom. The van der Waals surface area contributed by atoms with Crippen molar-refractivity contribution in [3.63, 3.8) is 0 Å². The van der Waals surface area contributed by atoms with Gasteiger partial charge >= 0.3 is 0 Å². The largest absolute Gasteiger partial charge is 0.256 e. The molecule has 0 aliphatic heterocycles. The Hall–Kier alpha value is -2.10. The summed E-state index contributed by atoms with van der Waals surface area (Å²) in [5, 5.41) is 3.58. The maximum absolute atomic E-state index is 4.72. The number of rotatable bonds is 2. The van der Waals surface area contributed by atoms with Crippen molar-refractivity contribution in [1.82, 2.24) is 0 Å². The molecule has 1 nitrogen and oxygen atoms in total. The smallest absolute Gasteiger partial charge is 0.0708 e. The zero-order valence-corrected chi connectivity index (χ0v) is 13.4. The van der Waals surface area contributed by atoms with Crippen LogP contribution in [0.15, 0.2) is 75.9 Å². The number of thiol groups is 1. The summed E-state index contributed by atoms with van der Waals surface area (Å²) < 4.78 is 2.25. The van der Waals surface area contributed by atoms with Crippen molar-refractivity contribution in [3.8, 4) is 0 Å². The van der Waals surface area contributed by atoms with Gasteiger partial charge in [-0.3, -0.25) is 4.99 Å². The molecule has 0 spiro atoms. The van der Waals surface area contributed by atoms with Crippen molar-refractivity contribution in [3.05, 3.63) is 72.3 Å². The van der Waals surface area contributed by atoms with Crippen molar-refractivity contribution in [2.75, 3.05) is 0 Å². The first-order valence-corrected chi connectivity index (χ1v) is 8.31. The van der Waals surface area contributed by atoms with Crippen LogP contribution < -0.4 is 0 Å². The second kappa shape index (κ2) is 5.59. The van der Waals surface area contributed by atoms with E-state index in [1.54, 1.807) is 11.3 Å². The zero-order valence-electron chi connectivity index (χ0n) is 11.7. The molecule has 0 bridgehead atoms.